The highest BCUT2D eigenvalue weighted by Gasteiger charge is 2.37. The van der Waals surface area contributed by atoms with Gasteiger partial charge in [-0.15, -0.1) is 0 Å². The van der Waals surface area contributed by atoms with Gasteiger partial charge in [-0.2, -0.15) is 0 Å². The van der Waals surface area contributed by atoms with Crippen molar-refractivity contribution in [2.75, 3.05) is 18.0 Å². The predicted molar refractivity (Wildman–Crippen MR) is 109 cm³/mol. The summed E-state index contributed by atoms with van der Waals surface area (Å²) in [6, 6.07) is 21.6. The van der Waals surface area contributed by atoms with Gasteiger partial charge in [-0.3, -0.25) is 4.31 Å². The second-order valence-electron chi connectivity index (χ2n) is 6.69. The molecule has 3 aromatic carbocycles. The van der Waals surface area contributed by atoms with Crippen molar-refractivity contribution in [3.63, 3.8) is 0 Å². The lowest BCUT2D eigenvalue weighted by Crippen LogP contribution is -2.30. The third-order valence-electron chi connectivity index (χ3n) is 4.83. The minimum Gasteiger partial charge on any atom is -0.497 e. The molecule has 6 heteroatoms. The standard InChI is InChI=1S/C22H21NO4S/c1-16-7-13-19(14-8-16)28(24,25)23-15-22(20-5-3-4-6-21(20)23)27-18-11-9-17(26-2)10-12-18/h3-14,22H,15H2,1-2H3/t22-/m0/s1. The summed E-state index contributed by atoms with van der Waals surface area (Å²) in [5.74, 6) is 1.40. The highest BCUT2D eigenvalue weighted by Crippen LogP contribution is 2.40. The molecule has 28 heavy (non-hydrogen) atoms. The van der Waals surface area contributed by atoms with Crippen LogP contribution in [0.15, 0.2) is 77.7 Å². The van der Waals surface area contributed by atoms with Crippen molar-refractivity contribution >= 4 is 15.7 Å². The van der Waals surface area contributed by atoms with Gasteiger partial charge >= 0.3 is 0 Å². The number of fused-ring (bicyclic) bond motifs is 1. The molecule has 0 unspecified atom stereocenters. The van der Waals surface area contributed by atoms with Gasteiger partial charge in [0.25, 0.3) is 10.0 Å². The van der Waals surface area contributed by atoms with Crippen molar-refractivity contribution in [2.24, 2.45) is 0 Å². The Morgan fingerprint density at radius 3 is 2.21 bits per heavy atom. The van der Waals surface area contributed by atoms with E-state index in [0.29, 0.717) is 11.4 Å². The van der Waals surface area contributed by atoms with Crippen molar-refractivity contribution in [2.45, 2.75) is 17.9 Å². The number of nitrogens with zero attached hydrogens (tertiary/aromatic N) is 1. The van der Waals surface area contributed by atoms with Crippen LogP contribution in [0.1, 0.15) is 17.2 Å². The molecule has 0 spiro atoms. The molecular weight excluding hydrogens is 374 g/mol. The van der Waals surface area contributed by atoms with Gasteiger partial charge in [0.1, 0.15) is 17.6 Å². The zero-order chi connectivity index (χ0) is 19.7. The lowest BCUT2D eigenvalue weighted by Gasteiger charge is -2.20. The summed E-state index contributed by atoms with van der Waals surface area (Å²) in [6.45, 7) is 2.15. The molecule has 0 saturated heterocycles. The molecule has 0 N–H and O–H groups in total. The first-order valence-corrected chi connectivity index (χ1v) is 10.4. The molecule has 3 aromatic rings. The van der Waals surface area contributed by atoms with Crippen molar-refractivity contribution in [3.05, 3.63) is 83.9 Å². The Morgan fingerprint density at radius 2 is 1.54 bits per heavy atom. The van der Waals surface area contributed by atoms with Crippen LogP contribution in [-0.2, 0) is 10.0 Å². The van der Waals surface area contributed by atoms with Gasteiger partial charge in [0, 0.05) is 5.56 Å². The Balaban J connectivity index is 1.66. The van der Waals surface area contributed by atoms with Crippen LogP contribution < -0.4 is 13.8 Å². The molecule has 1 heterocycles. The summed E-state index contributed by atoms with van der Waals surface area (Å²) in [6.07, 6.45) is -0.384. The zero-order valence-electron chi connectivity index (χ0n) is 15.7. The first kappa shape index (κ1) is 18.4. The van der Waals surface area contributed by atoms with E-state index in [1.165, 1.54) is 4.31 Å². The molecule has 0 aromatic heterocycles. The Morgan fingerprint density at radius 1 is 0.893 bits per heavy atom. The average Bonchev–Trinajstić information content (AvgIpc) is 3.08. The van der Waals surface area contributed by atoms with E-state index in [1.807, 2.05) is 55.5 Å². The van der Waals surface area contributed by atoms with Gasteiger partial charge < -0.3 is 9.47 Å². The molecule has 0 amide bonds. The molecule has 1 atom stereocenters. The van der Waals surface area contributed by atoms with E-state index in [-0.39, 0.29) is 17.5 Å². The van der Waals surface area contributed by atoms with E-state index in [4.69, 9.17) is 9.47 Å². The quantitative estimate of drug-likeness (QED) is 0.645. The second kappa shape index (κ2) is 7.20. The SMILES string of the molecule is COc1ccc(O[C@H]2CN(S(=O)(=O)c3ccc(C)cc3)c3ccccc32)cc1. The van der Waals surface area contributed by atoms with E-state index in [9.17, 15) is 8.42 Å². The molecule has 0 saturated carbocycles. The van der Waals surface area contributed by atoms with E-state index >= 15 is 0 Å². The first-order valence-electron chi connectivity index (χ1n) is 8.98. The van der Waals surface area contributed by atoms with E-state index in [2.05, 4.69) is 0 Å². The first-order chi connectivity index (χ1) is 13.5. The van der Waals surface area contributed by atoms with Crippen LogP contribution in [0.3, 0.4) is 0 Å². The minimum absolute atomic E-state index is 0.224. The maximum Gasteiger partial charge on any atom is 0.264 e. The van der Waals surface area contributed by atoms with Crippen LogP contribution in [0.2, 0.25) is 0 Å². The Bertz CT molecular complexity index is 1080. The van der Waals surface area contributed by atoms with Crippen molar-refractivity contribution in [3.8, 4) is 11.5 Å². The topological polar surface area (TPSA) is 55.8 Å². The normalized spacial score (nSPS) is 15.9. The van der Waals surface area contributed by atoms with Crippen LogP contribution >= 0.6 is 0 Å². The molecule has 5 nitrogen and oxygen atoms in total. The number of para-hydroxylation sites is 1. The summed E-state index contributed by atoms with van der Waals surface area (Å²) in [4.78, 5) is 0.276. The number of anilines is 1. The number of hydrogen-bond donors (Lipinski definition) is 0. The molecule has 144 valence electrons. The van der Waals surface area contributed by atoms with Gasteiger partial charge in [-0.05, 0) is 49.4 Å². The van der Waals surface area contributed by atoms with Crippen LogP contribution in [-0.4, -0.2) is 22.1 Å². The molecule has 1 aliphatic rings. The molecule has 1 aliphatic heterocycles. The summed E-state index contributed by atoms with van der Waals surface area (Å²) in [5, 5.41) is 0. The summed E-state index contributed by atoms with van der Waals surface area (Å²) in [7, 11) is -2.06. The average molecular weight is 395 g/mol. The zero-order valence-corrected chi connectivity index (χ0v) is 16.5. The molecule has 0 fully saturated rings. The highest BCUT2D eigenvalue weighted by molar-refractivity contribution is 7.92. The third kappa shape index (κ3) is 3.31. The molecule has 4 rings (SSSR count). The van der Waals surface area contributed by atoms with E-state index in [0.717, 1.165) is 16.9 Å². The number of rotatable bonds is 5. The molecular formula is C22H21NO4S. The second-order valence-corrected chi connectivity index (χ2v) is 8.55. The van der Waals surface area contributed by atoms with Crippen molar-refractivity contribution in [1.29, 1.82) is 0 Å². The fourth-order valence-corrected chi connectivity index (χ4v) is 4.81. The van der Waals surface area contributed by atoms with Gasteiger partial charge in [0.2, 0.25) is 0 Å². The fraction of sp³-hybridized carbons (Fsp3) is 0.182. The van der Waals surface area contributed by atoms with Crippen LogP contribution in [0.4, 0.5) is 5.69 Å². The summed E-state index contributed by atoms with van der Waals surface area (Å²) >= 11 is 0. The van der Waals surface area contributed by atoms with Gasteiger partial charge in [-0.1, -0.05) is 35.9 Å². The number of ether oxygens (including phenoxy) is 2. The fourth-order valence-electron chi connectivity index (χ4n) is 3.32. The number of methoxy groups -OCH3 is 1. The van der Waals surface area contributed by atoms with Gasteiger partial charge in [0.15, 0.2) is 0 Å². The maximum absolute atomic E-state index is 13.2. The Hall–Kier alpha value is -2.99. The van der Waals surface area contributed by atoms with Crippen molar-refractivity contribution < 1.29 is 17.9 Å². The smallest absolute Gasteiger partial charge is 0.264 e. The maximum atomic E-state index is 13.2. The lowest BCUT2D eigenvalue weighted by atomic mass is 10.1. The summed E-state index contributed by atoms with van der Waals surface area (Å²) < 4.78 is 39.2. The van der Waals surface area contributed by atoms with Gasteiger partial charge in [0.05, 0.1) is 24.2 Å². The van der Waals surface area contributed by atoms with Crippen molar-refractivity contribution in [1.82, 2.24) is 0 Å². The third-order valence-corrected chi connectivity index (χ3v) is 6.62. The van der Waals surface area contributed by atoms with Gasteiger partial charge in [-0.25, -0.2) is 8.42 Å². The number of aryl methyl sites for hydroxylation is 1. The largest absolute Gasteiger partial charge is 0.497 e. The lowest BCUT2D eigenvalue weighted by molar-refractivity contribution is 0.224. The van der Waals surface area contributed by atoms with E-state index in [1.54, 1.807) is 31.4 Å². The van der Waals surface area contributed by atoms with Crippen LogP contribution in [0.5, 0.6) is 11.5 Å². The summed E-state index contributed by atoms with van der Waals surface area (Å²) in [5.41, 5.74) is 2.53. The van der Waals surface area contributed by atoms with Crippen LogP contribution in [0, 0.1) is 6.92 Å². The molecule has 0 bridgehead atoms. The number of hydrogen-bond acceptors (Lipinski definition) is 4. The number of sulfonamides is 1. The van der Waals surface area contributed by atoms with Crippen LogP contribution in [0.25, 0.3) is 0 Å². The highest BCUT2D eigenvalue weighted by atomic mass is 32.2. The molecule has 0 radical (unpaired) electrons. The molecule has 0 aliphatic carbocycles. The Kier molecular flexibility index (Phi) is 4.73. The minimum atomic E-state index is -3.67. The van der Waals surface area contributed by atoms with E-state index < -0.39 is 10.0 Å². The Labute approximate surface area is 165 Å². The predicted octanol–water partition coefficient (Wildman–Crippen LogP) is 4.33. The monoisotopic (exact) mass is 395 g/mol. The number of benzene rings is 3.